The number of hydrogen-bond donors (Lipinski definition) is 1. The fraction of sp³-hybridized carbons (Fsp3) is 0.538. The van der Waals surface area contributed by atoms with Gasteiger partial charge < -0.3 is 5.11 Å². The maximum Gasteiger partial charge on any atom is 0.129 e. The van der Waals surface area contributed by atoms with E-state index in [1.165, 1.54) is 0 Å². The second-order valence-corrected chi connectivity index (χ2v) is 4.47. The molecular weight excluding hydrogens is 191 g/mol. The topological polar surface area (TPSA) is 20.2 Å². The molecule has 0 fully saturated rings. The van der Waals surface area contributed by atoms with Gasteiger partial charge >= 0.3 is 0 Å². The Morgan fingerprint density at radius 1 is 1.33 bits per heavy atom. The molecule has 82 valence electrons. The van der Waals surface area contributed by atoms with Gasteiger partial charge in [0, 0.05) is 0 Å². The first-order valence-corrected chi connectivity index (χ1v) is 5.58. The van der Waals surface area contributed by atoms with Crippen LogP contribution < -0.4 is 0 Å². The molecule has 2 rings (SSSR count). The van der Waals surface area contributed by atoms with E-state index in [0.29, 0.717) is 11.1 Å². The second kappa shape index (κ2) is 3.93. The molecular formula is C13H17FO. The van der Waals surface area contributed by atoms with E-state index >= 15 is 0 Å². The first-order chi connectivity index (χ1) is 7.11. The van der Waals surface area contributed by atoms with Crippen LogP contribution in [0.3, 0.4) is 0 Å². The lowest BCUT2D eigenvalue weighted by atomic mass is 9.93. The highest BCUT2D eigenvalue weighted by Gasteiger charge is 2.21. The van der Waals surface area contributed by atoms with Crippen molar-refractivity contribution < 1.29 is 9.50 Å². The Hall–Kier alpha value is -0.890. The van der Waals surface area contributed by atoms with E-state index in [4.69, 9.17) is 0 Å². The number of aliphatic hydroxyl groups is 1. The molecule has 0 saturated heterocycles. The molecule has 1 nitrogen and oxygen atoms in total. The number of hydrogen-bond acceptors (Lipinski definition) is 1. The molecule has 0 aliphatic heterocycles. The lowest BCUT2D eigenvalue weighted by Crippen LogP contribution is -2.05. The van der Waals surface area contributed by atoms with Crippen LogP contribution in [0.4, 0.5) is 4.39 Å². The van der Waals surface area contributed by atoms with Gasteiger partial charge in [0.05, 0.1) is 6.10 Å². The van der Waals surface area contributed by atoms with E-state index in [1.54, 1.807) is 13.8 Å². The average molecular weight is 208 g/mol. The molecule has 0 bridgehead atoms. The zero-order chi connectivity index (χ0) is 11.0. The van der Waals surface area contributed by atoms with Crippen LogP contribution in [0.5, 0.6) is 0 Å². The molecule has 1 N–H and O–H groups in total. The highest BCUT2D eigenvalue weighted by atomic mass is 19.1. The molecule has 1 aromatic carbocycles. The zero-order valence-electron chi connectivity index (χ0n) is 9.31. The molecule has 0 aromatic heterocycles. The van der Waals surface area contributed by atoms with E-state index in [0.717, 1.165) is 36.8 Å². The van der Waals surface area contributed by atoms with E-state index in [1.807, 2.05) is 6.07 Å². The number of halogens is 1. The third kappa shape index (κ3) is 1.78. The van der Waals surface area contributed by atoms with Crippen molar-refractivity contribution in [1.82, 2.24) is 0 Å². The van der Waals surface area contributed by atoms with Crippen LogP contribution in [0.2, 0.25) is 0 Å². The van der Waals surface area contributed by atoms with E-state index in [2.05, 4.69) is 0 Å². The third-order valence-electron chi connectivity index (χ3n) is 3.32. The highest BCUT2D eigenvalue weighted by Crippen LogP contribution is 2.33. The van der Waals surface area contributed by atoms with Gasteiger partial charge in [0.15, 0.2) is 0 Å². The van der Waals surface area contributed by atoms with Crippen molar-refractivity contribution in [2.45, 2.75) is 45.6 Å². The lowest BCUT2D eigenvalue weighted by molar-refractivity contribution is 0.165. The van der Waals surface area contributed by atoms with Gasteiger partial charge in [-0.2, -0.15) is 0 Å². The van der Waals surface area contributed by atoms with E-state index < -0.39 is 6.10 Å². The minimum atomic E-state index is -0.474. The smallest absolute Gasteiger partial charge is 0.129 e. The maximum absolute atomic E-state index is 13.7. The van der Waals surface area contributed by atoms with Crippen LogP contribution >= 0.6 is 0 Å². The number of rotatable bonds is 0. The van der Waals surface area contributed by atoms with Gasteiger partial charge in [0.2, 0.25) is 0 Å². The van der Waals surface area contributed by atoms with Crippen molar-refractivity contribution in [2.75, 3.05) is 0 Å². The minimum absolute atomic E-state index is 0.158. The van der Waals surface area contributed by atoms with Gasteiger partial charge in [0.1, 0.15) is 5.82 Å². The SMILES string of the molecule is Cc1cc2c(c(C)c1F)[C@H](O)CCCC2. The monoisotopic (exact) mass is 208 g/mol. The minimum Gasteiger partial charge on any atom is -0.388 e. The van der Waals surface area contributed by atoms with Crippen LogP contribution in [0.25, 0.3) is 0 Å². The fourth-order valence-corrected chi connectivity index (χ4v) is 2.53. The number of benzene rings is 1. The van der Waals surface area contributed by atoms with Crippen molar-refractivity contribution in [3.05, 3.63) is 34.1 Å². The molecule has 1 atom stereocenters. The van der Waals surface area contributed by atoms with Crippen molar-refractivity contribution in [3.63, 3.8) is 0 Å². The summed E-state index contributed by atoms with van der Waals surface area (Å²) in [5, 5.41) is 9.97. The summed E-state index contributed by atoms with van der Waals surface area (Å²) < 4.78 is 13.7. The fourth-order valence-electron chi connectivity index (χ4n) is 2.53. The van der Waals surface area contributed by atoms with Crippen LogP contribution in [-0.2, 0) is 6.42 Å². The average Bonchev–Trinajstić information content (AvgIpc) is 2.37. The van der Waals surface area contributed by atoms with Crippen LogP contribution in [-0.4, -0.2) is 5.11 Å². The largest absolute Gasteiger partial charge is 0.388 e. The van der Waals surface area contributed by atoms with E-state index in [-0.39, 0.29) is 5.82 Å². The molecule has 0 spiro atoms. The normalized spacial score (nSPS) is 20.9. The molecule has 1 aromatic rings. The summed E-state index contributed by atoms with van der Waals surface area (Å²) in [5.41, 5.74) is 3.31. The standard InChI is InChI=1S/C13H17FO/c1-8-7-10-5-3-4-6-11(15)12(10)9(2)13(8)14/h7,11,15H,3-6H2,1-2H3/t11-/m1/s1. The van der Waals surface area contributed by atoms with Gasteiger partial charge in [-0.25, -0.2) is 4.39 Å². The molecule has 0 saturated carbocycles. The Labute approximate surface area is 89.9 Å². The number of fused-ring (bicyclic) bond motifs is 1. The molecule has 2 heteroatoms. The molecule has 1 aliphatic carbocycles. The predicted molar refractivity (Wildman–Crippen MR) is 58.4 cm³/mol. The summed E-state index contributed by atoms with van der Waals surface area (Å²) in [6.45, 7) is 3.57. The van der Waals surface area contributed by atoms with Crippen molar-refractivity contribution >= 4 is 0 Å². The zero-order valence-corrected chi connectivity index (χ0v) is 9.31. The summed E-state index contributed by atoms with van der Waals surface area (Å²) in [4.78, 5) is 0. The maximum atomic E-state index is 13.7. The summed E-state index contributed by atoms with van der Waals surface area (Å²) in [5.74, 6) is -0.158. The Morgan fingerprint density at radius 2 is 2.07 bits per heavy atom. The van der Waals surface area contributed by atoms with Gasteiger partial charge in [-0.05, 0) is 55.4 Å². The summed E-state index contributed by atoms with van der Waals surface area (Å²) >= 11 is 0. The Balaban J connectivity index is 2.61. The molecule has 15 heavy (non-hydrogen) atoms. The quantitative estimate of drug-likeness (QED) is 0.649. The molecule has 0 heterocycles. The second-order valence-electron chi connectivity index (χ2n) is 4.47. The van der Waals surface area contributed by atoms with Gasteiger partial charge in [-0.3, -0.25) is 0 Å². The van der Waals surface area contributed by atoms with Crippen LogP contribution in [0.1, 0.15) is 47.6 Å². The Bertz CT molecular complexity index is 385. The van der Waals surface area contributed by atoms with Gasteiger partial charge in [-0.15, -0.1) is 0 Å². The number of aliphatic hydroxyl groups excluding tert-OH is 1. The number of aryl methyl sites for hydroxylation is 2. The van der Waals surface area contributed by atoms with E-state index in [9.17, 15) is 9.50 Å². The molecule has 0 radical (unpaired) electrons. The van der Waals surface area contributed by atoms with Crippen LogP contribution in [0, 0.1) is 19.7 Å². The Morgan fingerprint density at radius 3 is 2.80 bits per heavy atom. The Kier molecular flexibility index (Phi) is 2.79. The predicted octanol–water partition coefficient (Wildman–Crippen LogP) is 3.20. The first-order valence-electron chi connectivity index (χ1n) is 5.58. The summed E-state index contributed by atoms with van der Waals surface area (Å²) in [6, 6.07) is 1.90. The first kappa shape index (κ1) is 10.6. The third-order valence-corrected chi connectivity index (χ3v) is 3.32. The van der Waals surface area contributed by atoms with Gasteiger partial charge in [0.25, 0.3) is 0 Å². The van der Waals surface area contributed by atoms with Crippen molar-refractivity contribution in [2.24, 2.45) is 0 Å². The van der Waals surface area contributed by atoms with Crippen molar-refractivity contribution in [3.8, 4) is 0 Å². The summed E-state index contributed by atoms with van der Waals surface area (Å²) in [6.07, 6.45) is 3.37. The van der Waals surface area contributed by atoms with Crippen molar-refractivity contribution in [1.29, 1.82) is 0 Å². The molecule has 1 aliphatic rings. The lowest BCUT2D eigenvalue weighted by Gasteiger charge is -2.16. The van der Waals surface area contributed by atoms with Gasteiger partial charge in [-0.1, -0.05) is 12.5 Å². The molecule has 0 unspecified atom stereocenters. The summed E-state index contributed by atoms with van der Waals surface area (Å²) in [7, 11) is 0. The van der Waals surface area contributed by atoms with Crippen LogP contribution in [0.15, 0.2) is 6.07 Å². The molecule has 0 amide bonds. The highest BCUT2D eigenvalue weighted by molar-refractivity contribution is 5.41.